The van der Waals surface area contributed by atoms with Crippen molar-refractivity contribution < 1.29 is 18.3 Å². The SMILES string of the molecule is COCC(O)CCNS(=O)(=O)c1ccc(C(C)(C)C)cc1. The second kappa shape index (κ2) is 7.35. The molecule has 0 spiro atoms. The van der Waals surface area contributed by atoms with Crippen molar-refractivity contribution >= 4 is 10.0 Å². The summed E-state index contributed by atoms with van der Waals surface area (Å²) in [5.74, 6) is 0. The molecule has 0 heterocycles. The number of aliphatic hydroxyl groups is 1. The van der Waals surface area contributed by atoms with Crippen molar-refractivity contribution in [3.63, 3.8) is 0 Å². The molecule has 1 atom stereocenters. The maximum atomic E-state index is 12.1. The zero-order chi connectivity index (χ0) is 16.1. The Labute approximate surface area is 127 Å². The molecule has 0 aliphatic rings. The van der Waals surface area contributed by atoms with Crippen LogP contribution in [-0.4, -0.2) is 39.9 Å². The Kier molecular flexibility index (Phi) is 6.34. The lowest BCUT2D eigenvalue weighted by Gasteiger charge is -2.19. The summed E-state index contributed by atoms with van der Waals surface area (Å²) >= 11 is 0. The van der Waals surface area contributed by atoms with Crippen LogP contribution in [0, 0.1) is 0 Å². The molecule has 0 fully saturated rings. The number of rotatable bonds is 7. The minimum absolute atomic E-state index is 0.0139. The maximum absolute atomic E-state index is 12.1. The molecule has 0 aliphatic carbocycles. The van der Waals surface area contributed by atoms with Crippen molar-refractivity contribution in [1.29, 1.82) is 0 Å². The van der Waals surface area contributed by atoms with Crippen LogP contribution in [0.1, 0.15) is 32.8 Å². The summed E-state index contributed by atoms with van der Waals surface area (Å²) in [7, 11) is -2.04. The monoisotopic (exact) mass is 315 g/mol. The molecule has 5 nitrogen and oxygen atoms in total. The van der Waals surface area contributed by atoms with Crippen LogP contribution in [0.25, 0.3) is 0 Å². The van der Waals surface area contributed by atoms with Gasteiger partial charge >= 0.3 is 0 Å². The summed E-state index contributed by atoms with van der Waals surface area (Å²) in [6, 6.07) is 6.87. The van der Waals surface area contributed by atoms with Crippen LogP contribution in [-0.2, 0) is 20.2 Å². The molecule has 21 heavy (non-hydrogen) atoms. The number of sulfonamides is 1. The second-order valence-corrected chi connectivity index (χ2v) is 7.84. The minimum Gasteiger partial charge on any atom is -0.391 e. The van der Waals surface area contributed by atoms with Crippen molar-refractivity contribution in [2.75, 3.05) is 20.3 Å². The van der Waals surface area contributed by atoms with E-state index in [1.165, 1.54) is 7.11 Å². The highest BCUT2D eigenvalue weighted by molar-refractivity contribution is 7.89. The predicted molar refractivity (Wildman–Crippen MR) is 82.8 cm³/mol. The first-order valence-electron chi connectivity index (χ1n) is 6.94. The number of hydrogen-bond acceptors (Lipinski definition) is 4. The fraction of sp³-hybridized carbons (Fsp3) is 0.600. The van der Waals surface area contributed by atoms with Crippen LogP contribution < -0.4 is 4.72 Å². The third-order valence-corrected chi connectivity index (χ3v) is 4.64. The summed E-state index contributed by atoms with van der Waals surface area (Å²) in [6.07, 6.45) is -0.353. The molecular weight excluding hydrogens is 290 g/mol. The summed E-state index contributed by atoms with van der Waals surface area (Å²) in [6.45, 7) is 6.60. The number of ether oxygens (including phenoxy) is 1. The van der Waals surface area contributed by atoms with Gasteiger partial charge in [-0.1, -0.05) is 32.9 Å². The Bertz CT molecular complexity index is 532. The topological polar surface area (TPSA) is 75.6 Å². The van der Waals surface area contributed by atoms with E-state index >= 15 is 0 Å². The van der Waals surface area contributed by atoms with Gasteiger partial charge in [0.15, 0.2) is 0 Å². The fourth-order valence-corrected chi connectivity index (χ4v) is 2.90. The normalized spacial score (nSPS) is 14.1. The van der Waals surface area contributed by atoms with Crippen molar-refractivity contribution in [3.8, 4) is 0 Å². The Balaban J connectivity index is 2.66. The molecule has 0 saturated carbocycles. The summed E-state index contributed by atoms with van der Waals surface area (Å²) in [5.41, 5.74) is 1.07. The zero-order valence-corrected chi connectivity index (χ0v) is 13.9. The zero-order valence-electron chi connectivity index (χ0n) is 13.1. The van der Waals surface area contributed by atoms with Gasteiger partial charge in [-0.3, -0.25) is 0 Å². The van der Waals surface area contributed by atoms with Gasteiger partial charge in [0.25, 0.3) is 0 Å². The van der Waals surface area contributed by atoms with Crippen LogP contribution in [0.15, 0.2) is 29.2 Å². The quantitative estimate of drug-likeness (QED) is 0.802. The number of methoxy groups -OCH3 is 1. The van der Waals surface area contributed by atoms with E-state index < -0.39 is 16.1 Å². The van der Waals surface area contributed by atoms with Crippen molar-refractivity contribution in [2.24, 2.45) is 0 Å². The first kappa shape index (κ1) is 18.1. The van der Waals surface area contributed by atoms with E-state index in [0.29, 0.717) is 6.42 Å². The lowest BCUT2D eigenvalue weighted by Crippen LogP contribution is -2.28. The van der Waals surface area contributed by atoms with E-state index in [-0.39, 0.29) is 23.5 Å². The van der Waals surface area contributed by atoms with Gasteiger partial charge in [-0.15, -0.1) is 0 Å². The summed E-state index contributed by atoms with van der Waals surface area (Å²) < 4.78 is 31.5. The van der Waals surface area contributed by atoms with E-state index in [0.717, 1.165) is 5.56 Å². The lowest BCUT2D eigenvalue weighted by atomic mass is 9.87. The van der Waals surface area contributed by atoms with Gasteiger partial charge in [0.2, 0.25) is 10.0 Å². The standard InChI is InChI=1S/C15H25NO4S/c1-15(2,3)12-5-7-14(8-6-12)21(18,19)16-10-9-13(17)11-20-4/h5-8,13,16-17H,9-11H2,1-4H3. The largest absolute Gasteiger partial charge is 0.391 e. The van der Waals surface area contributed by atoms with E-state index in [1.807, 2.05) is 12.1 Å². The van der Waals surface area contributed by atoms with Gasteiger partial charge in [-0.2, -0.15) is 0 Å². The highest BCUT2D eigenvalue weighted by Crippen LogP contribution is 2.23. The second-order valence-electron chi connectivity index (χ2n) is 6.07. The van der Waals surface area contributed by atoms with E-state index in [4.69, 9.17) is 4.74 Å². The van der Waals surface area contributed by atoms with Crippen molar-refractivity contribution in [1.82, 2.24) is 4.72 Å². The molecule has 120 valence electrons. The molecule has 1 unspecified atom stereocenters. The Morgan fingerprint density at radius 1 is 1.24 bits per heavy atom. The van der Waals surface area contributed by atoms with Crippen molar-refractivity contribution in [2.45, 2.75) is 43.6 Å². The molecule has 0 amide bonds. The van der Waals surface area contributed by atoms with Crippen LogP contribution in [0.2, 0.25) is 0 Å². The van der Waals surface area contributed by atoms with Gasteiger partial charge in [-0.05, 0) is 29.5 Å². The maximum Gasteiger partial charge on any atom is 0.240 e. The van der Waals surface area contributed by atoms with E-state index in [2.05, 4.69) is 25.5 Å². The molecular formula is C15H25NO4S. The minimum atomic E-state index is -3.54. The summed E-state index contributed by atoms with van der Waals surface area (Å²) in [4.78, 5) is 0.233. The molecule has 0 aromatic heterocycles. The molecule has 2 N–H and O–H groups in total. The van der Waals surface area contributed by atoms with Crippen molar-refractivity contribution in [3.05, 3.63) is 29.8 Å². The van der Waals surface area contributed by atoms with Gasteiger partial charge in [0.05, 0.1) is 17.6 Å². The highest BCUT2D eigenvalue weighted by Gasteiger charge is 2.17. The Hall–Kier alpha value is -0.950. The highest BCUT2D eigenvalue weighted by atomic mass is 32.2. The van der Waals surface area contributed by atoms with Crippen LogP contribution in [0.3, 0.4) is 0 Å². The molecule has 1 aromatic rings. The molecule has 1 aromatic carbocycles. The third-order valence-electron chi connectivity index (χ3n) is 3.16. The average Bonchev–Trinajstić information content (AvgIpc) is 2.38. The number of aliphatic hydroxyl groups excluding tert-OH is 1. The molecule has 0 bridgehead atoms. The van der Waals surface area contributed by atoms with Crippen LogP contribution in [0.4, 0.5) is 0 Å². The molecule has 1 rings (SSSR count). The molecule has 0 aliphatic heterocycles. The lowest BCUT2D eigenvalue weighted by molar-refractivity contribution is 0.0603. The Morgan fingerprint density at radius 3 is 2.29 bits per heavy atom. The third kappa shape index (κ3) is 5.74. The van der Waals surface area contributed by atoms with Gasteiger partial charge in [-0.25, -0.2) is 13.1 Å². The summed E-state index contributed by atoms with van der Waals surface area (Å²) in [5, 5.41) is 9.48. The van der Waals surface area contributed by atoms with Crippen LogP contribution in [0.5, 0.6) is 0 Å². The Morgan fingerprint density at radius 2 is 1.81 bits per heavy atom. The predicted octanol–water partition coefficient (Wildman–Crippen LogP) is 1.66. The van der Waals surface area contributed by atoms with E-state index in [9.17, 15) is 13.5 Å². The van der Waals surface area contributed by atoms with Crippen LogP contribution >= 0.6 is 0 Å². The van der Waals surface area contributed by atoms with Gasteiger partial charge in [0.1, 0.15) is 0 Å². The fourth-order valence-electron chi connectivity index (χ4n) is 1.85. The molecule has 0 saturated heterocycles. The number of benzene rings is 1. The van der Waals surface area contributed by atoms with E-state index in [1.54, 1.807) is 12.1 Å². The average molecular weight is 315 g/mol. The first-order valence-corrected chi connectivity index (χ1v) is 8.42. The van der Waals surface area contributed by atoms with Gasteiger partial charge in [0, 0.05) is 13.7 Å². The number of nitrogens with one attached hydrogen (secondary N) is 1. The molecule has 0 radical (unpaired) electrons. The molecule has 6 heteroatoms. The first-order chi connectivity index (χ1) is 9.66. The smallest absolute Gasteiger partial charge is 0.240 e. The van der Waals surface area contributed by atoms with Gasteiger partial charge < -0.3 is 9.84 Å². The number of hydrogen-bond donors (Lipinski definition) is 2.